The smallest absolute Gasteiger partial charge is 0.265 e. The molecule has 0 atom stereocenters. The van der Waals surface area contributed by atoms with Gasteiger partial charge >= 0.3 is 0 Å². The van der Waals surface area contributed by atoms with Gasteiger partial charge in [-0.1, -0.05) is 17.7 Å². The molecule has 0 spiro atoms. The Balaban J connectivity index is 1.63. The van der Waals surface area contributed by atoms with Gasteiger partial charge in [0, 0.05) is 26.3 Å². The molecule has 3 aromatic rings. The van der Waals surface area contributed by atoms with Crippen LogP contribution in [-0.4, -0.2) is 41.9 Å². The van der Waals surface area contributed by atoms with Gasteiger partial charge in [0.1, 0.15) is 14.8 Å². The molecule has 0 unspecified atom stereocenters. The number of hydrogen-bond acceptors (Lipinski definition) is 5. The van der Waals surface area contributed by atoms with Crippen molar-refractivity contribution in [3.63, 3.8) is 0 Å². The van der Waals surface area contributed by atoms with E-state index < -0.39 is 10.0 Å². The highest BCUT2D eigenvalue weighted by Crippen LogP contribution is 2.32. The Morgan fingerprint density at radius 1 is 1.13 bits per heavy atom. The molecule has 1 fully saturated rings. The van der Waals surface area contributed by atoms with E-state index in [4.69, 9.17) is 0 Å². The Hall–Kier alpha value is -2.65. The average molecular weight is 459 g/mol. The van der Waals surface area contributed by atoms with Crippen LogP contribution in [0.3, 0.4) is 0 Å². The van der Waals surface area contributed by atoms with Crippen molar-refractivity contribution in [2.45, 2.75) is 38.5 Å². The lowest BCUT2D eigenvalue weighted by Gasteiger charge is -2.13. The number of amides is 1. The molecule has 1 N–H and O–H groups in total. The maximum Gasteiger partial charge on any atom is 0.265 e. The number of carbonyl (C=O) groups is 1. The van der Waals surface area contributed by atoms with Gasteiger partial charge in [-0.2, -0.15) is 0 Å². The van der Waals surface area contributed by atoms with Crippen LogP contribution in [0.1, 0.15) is 39.3 Å². The summed E-state index contributed by atoms with van der Waals surface area (Å²) >= 11 is 1.32. The fraction of sp³-hybridized carbons (Fsp3) is 0.364. The van der Waals surface area contributed by atoms with E-state index in [1.807, 2.05) is 37.8 Å². The molecule has 164 valence electrons. The molecule has 0 aliphatic carbocycles. The monoisotopic (exact) mass is 458 g/mol. The molecule has 1 aliphatic rings. The molecule has 9 heteroatoms. The van der Waals surface area contributed by atoms with Gasteiger partial charge in [0.25, 0.3) is 15.9 Å². The maximum atomic E-state index is 13.0. The van der Waals surface area contributed by atoms with Crippen molar-refractivity contribution in [2.75, 3.05) is 17.8 Å². The molecule has 0 radical (unpaired) electrons. The molecule has 4 rings (SSSR count). The van der Waals surface area contributed by atoms with Gasteiger partial charge in [-0.05, 0) is 51.3 Å². The van der Waals surface area contributed by atoms with Crippen LogP contribution < -0.4 is 4.72 Å². The first-order valence-electron chi connectivity index (χ1n) is 10.2. The number of thiazole rings is 1. The average Bonchev–Trinajstić information content (AvgIpc) is 3.43. The van der Waals surface area contributed by atoms with Crippen LogP contribution >= 0.6 is 11.3 Å². The predicted octanol–water partition coefficient (Wildman–Crippen LogP) is 4.11. The highest BCUT2D eigenvalue weighted by molar-refractivity contribution is 7.92. The Morgan fingerprint density at radius 2 is 1.84 bits per heavy atom. The predicted molar refractivity (Wildman–Crippen MR) is 123 cm³/mol. The lowest BCUT2D eigenvalue weighted by Crippen LogP contribution is -2.27. The number of nitrogens with zero attached hydrogens (tertiary/aromatic N) is 3. The SMILES string of the molecule is Cc1ccc(NS(=O)(=O)c2cc(-c3nc(C)c(C(=O)N4CCCC4)s3)n(C)c2)c(C)c1. The summed E-state index contributed by atoms with van der Waals surface area (Å²) in [5.41, 5.74) is 3.83. The number of likely N-dealkylation sites (tertiary alicyclic amines) is 1. The molecule has 7 nitrogen and oxygen atoms in total. The van der Waals surface area contributed by atoms with Crippen LogP contribution in [0.25, 0.3) is 10.7 Å². The van der Waals surface area contributed by atoms with E-state index in [-0.39, 0.29) is 10.8 Å². The van der Waals surface area contributed by atoms with Crippen LogP contribution in [-0.2, 0) is 17.1 Å². The van der Waals surface area contributed by atoms with Crippen molar-refractivity contribution in [1.29, 1.82) is 0 Å². The zero-order valence-corrected chi connectivity index (χ0v) is 19.7. The molecule has 0 saturated carbocycles. The molecule has 3 heterocycles. The van der Waals surface area contributed by atoms with Gasteiger partial charge in [0.2, 0.25) is 0 Å². The first kappa shape index (κ1) is 21.6. The van der Waals surface area contributed by atoms with Crippen molar-refractivity contribution in [3.05, 3.63) is 52.2 Å². The van der Waals surface area contributed by atoms with Crippen molar-refractivity contribution >= 4 is 33.0 Å². The Labute approximate surface area is 186 Å². The summed E-state index contributed by atoms with van der Waals surface area (Å²) in [6.45, 7) is 7.22. The summed E-state index contributed by atoms with van der Waals surface area (Å²) in [7, 11) is -1.98. The third kappa shape index (κ3) is 4.24. The lowest BCUT2D eigenvalue weighted by molar-refractivity contribution is 0.0796. The molecular formula is C22H26N4O3S2. The van der Waals surface area contributed by atoms with E-state index in [9.17, 15) is 13.2 Å². The lowest BCUT2D eigenvalue weighted by atomic mass is 10.1. The summed E-state index contributed by atoms with van der Waals surface area (Å²) in [5.74, 6) is 0.0114. The number of anilines is 1. The highest BCUT2D eigenvalue weighted by Gasteiger charge is 2.26. The van der Waals surface area contributed by atoms with Crippen LogP contribution in [0, 0.1) is 20.8 Å². The van der Waals surface area contributed by atoms with E-state index in [1.165, 1.54) is 11.3 Å². The van der Waals surface area contributed by atoms with Crippen molar-refractivity contribution < 1.29 is 13.2 Å². The number of carbonyl (C=O) groups excluding carboxylic acids is 1. The highest BCUT2D eigenvalue weighted by atomic mass is 32.2. The fourth-order valence-electron chi connectivity index (χ4n) is 3.79. The molecule has 2 aromatic heterocycles. The van der Waals surface area contributed by atoms with E-state index in [2.05, 4.69) is 9.71 Å². The molecule has 1 amide bonds. The topological polar surface area (TPSA) is 84.3 Å². The molecule has 1 aliphatic heterocycles. The van der Waals surface area contributed by atoms with Gasteiger partial charge in [0.05, 0.1) is 17.1 Å². The minimum absolute atomic E-state index is 0.0114. The second-order valence-electron chi connectivity index (χ2n) is 8.03. The van der Waals surface area contributed by atoms with E-state index in [0.29, 0.717) is 27.0 Å². The number of aryl methyl sites for hydroxylation is 4. The number of nitrogens with one attached hydrogen (secondary N) is 1. The third-order valence-corrected chi connectivity index (χ3v) is 8.02. The zero-order chi connectivity index (χ0) is 22.3. The summed E-state index contributed by atoms with van der Waals surface area (Å²) in [5, 5.41) is 0.635. The van der Waals surface area contributed by atoms with Crippen LogP contribution in [0.2, 0.25) is 0 Å². The van der Waals surface area contributed by atoms with Gasteiger partial charge < -0.3 is 9.47 Å². The number of rotatable bonds is 5. The normalized spacial score (nSPS) is 14.3. The van der Waals surface area contributed by atoms with E-state index in [1.54, 1.807) is 29.9 Å². The number of hydrogen-bond donors (Lipinski definition) is 1. The minimum atomic E-state index is -3.76. The molecule has 0 bridgehead atoms. The van der Waals surface area contributed by atoms with Gasteiger partial charge in [-0.25, -0.2) is 13.4 Å². The van der Waals surface area contributed by atoms with Gasteiger partial charge in [0.15, 0.2) is 0 Å². The first-order chi connectivity index (χ1) is 14.7. The molecule has 1 aromatic carbocycles. The number of benzene rings is 1. The van der Waals surface area contributed by atoms with Gasteiger partial charge in [-0.3, -0.25) is 9.52 Å². The first-order valence-corrected chi connectivity index (χ1v) is 12.5. The summed E-state index contributed by atoms with van der Waals surface area (Å²) in [6, 6.07) is 7.19. The van der Waals surface area contributed by atoms with Crippen molar-refractivity contribution in [2.24, 2.45) is 7.05 Å². The fourth-order valence-corrected chi connectivity index (χ4v) is 6.09. The molecule has 31 heavy (non-hydrogen) atoms. The van der Waals surface area contributed by atoms with Crippen LogP contribution in [0.4, 0.5) is 5.69 Å². The van der Waals surface area contributed by atoms with Gasteiger partial charge in [-0.15, -0.1) is 11.3 Å². The van der Waals surface area contributed by atoms with Crippen LogP contribution in [0.5, 0.6) is 0 Å². The number of sulfonamides is 1. The third-order valence-electron chi connectivity index (χ3n) is 5.52. The summed E-state index contributed by atoms with van der Waals surface area (Å²) in [4.78, 5) is 20.0. The second kappa shape index (κ2) is 8.12. The minimum Gasteiger partial charge on any atom is -0.347 e. The summed E-state index contributed by atoms with van der Waals surface area (Å²) in [6.07, 6.45) is 3.63. The Morgan fingerprint density at radius 3 is 2.52 bits per heavy atom. The van der Waals surface area contributed by atoms with E-state index in [0.717, 1.165) is 37.1 Å². The molecular weight excluding hydrogens is 432 g/mol. The Kier molecular flexibility index (Phi) is 5.65. The van der Waals surface area contributed by atoms with Crippen molar-refractivity contribution in [3.8, 4) is 10.7 Å². The quantitative estimate of drug-likeness (QED) is 0.624. The largest absolute Gasteiger partial charge is 0.347 e. The zero-order valence-electron chi connectivity index (χ0n) is 18.1. The standard InChI is InChI=1S/C22H26N4O3S2/c1-14-7-8-18(15(2)11-14)24-31(28,29)17-12-19(25(4)13-17)21-23-16(3)20(30-21)22(27)26-9-5-6-10-26/h7-8,11-13,24H,5-6,9-10H2,1-4H3. The molecule has 1 saturated heterocycles. The second-order valence-corrected chi connectivity index (χ2v) is 10.7. The van der Waals surface area contributed by atoms with E-state index >= 15 is 0 Å². The van der Waals surface area contributed by atoms with Crippen molar-refractivity contribution in [1.82, 2.24) is 14.5 Å². The number of aromatic nitrogens is 2. The summed E-state index contributed by atoms with van der Waals surface area (Å²) < 4.78 is 30.4. The Bertz CT molecular complexity index is 1250. The van der Waals surface area contributed by atoms with Crippen LogP contribution in [0.15, 0.2) is 35.4 Å². The maximum absolute atomic E-state index is 13.0.